The number of carbonyl (C=O) groups excluding carboxylic acids is 2. The van der Waals surface area contributed by atoms with Crippen LogP contribution in [0.25, 0.3) is 16.4 Å². The molecule has 202 valence electrons. The Hall–Kier alpha value is -3.50. The number of benzene rings is 2. The summed E-state index contributed by atoms with van der Waals surface area (Å²) in [5, 5.41) is 7.32. The van der Waals surface area contributed by atoms with Gasteiger partial charge >= 0.3 is 0 Å². The lowest BCUT2D eigenvalue weighted by molar-refractivity contribution is 0.0413. The van der Waals surface area contributed by atoms with E-state index < -0.39 is 0 Å². The van der Waals surface area contributed by atoms with E-state index in [-0.39, 0.29) is 23.8 Å². The van der Waals surface area contributed by atoms with Gasteiger partial charge in [-0.25, -0.2) is 9.67 Å². The minimum atomic E-state index is -0.123. The molecule has 1 aliphatic rings. The highest BCUT2D eigenvalue weighted by Crippen LogP contribution is 2.30. The molecule has 4 aromatic rings. The number of thiazole rings is 1. The summed E-state index contributed by atoms with van der Waals surface area (Å²) < 4.78 is 8.00. The summed E-state index contributed by atoms with van der Waals surface area (Å²) in [6, 6.07) is 15.0. The molecular weight excluding hydrogens is 578 g/mol. The van der Waals surface area contributed by atoms with Crippen LogP contribution in [0.15, 0.2) is 64.6 Å². The van der Waals surface area contributed by atoms with E-state index in [4.69, 9.17) is 9.72 Å². The molecule has 39 heavy (non-hydrogen) atoms. The van der Waals surface area contributed by atoms with Crippen molar-refractivity contribution in [2.75, 3.05) is 26.7 Å². The van der Waals surface area contributed by atoms with Gasteiger partial charge < -0.3 is 14.5 Å². The monoisotopic (exact) mass is 607 g/mol. The number of methoxy groups -OCH3 is 1. The molecule has 5 rings (SSSR count). The van der Waals surface area contributed by atoms with Crippen molar-refractivity contribution >= 4 is 39.1 Å². The summed E-state index contributed by atoms with van der Waals surface area (Å²) in [5.74, 6) is 0.650. The molecule has 2 aromatic carbocycles. The standard InChI is InChI=1S/C29H30BrN5O3S/c1-18(2)26-24(15-31-35(26)29-32-25(17-39-29)20-5-9-22(30)10-6-20)28(37)33-13-14-34(19(3)16-33)27(36)21-7-11-23(38-4)12-8-21/h5-12,15,17-19H,13-14,16H2,1-4H3. The molecule has 0 spiro atoms. The van der Waals surface area contributed by atoms with Crippen molar-refractivity contribution in [3.05, 3.63) is 81.4 Å². The zero-order valence-corrected chi connectivity index (χ0v) is 24.7. The molecule has 0 aliphatic carbocycles. The van der Waals surface area contributed by atoms with Gasteiger partial charge in [0.1, 0.15) is 5.75 Å². The maximum Gasteiger partial charge on any atom is 0.257 e. The highest BCUT2D eigenvalue weighted by Gasteiger charge is 2.33. The van der Waals surface area contributed by atoms with Gasteiger partial charge in [0, 0.05) is 46.7 Å². The smallest absolute Gasteiger partial charge is 0.257 e. The van der Waals surface area contributed by atoms with E-state index in [0.717, 1.165) is 26.6 Å². The van der Waals surface area contributed by atoms with Crippen molar-refractivity contribution in [3.63, 3.8) is 0 Å². The maximum atomic E-state index is 13.7. The second kappa shape index (κ2) is 11.3. The summed E-state index contributed by atoms with van der Waals surface area (Å²) in [5.41, 5.74) is 3.91. The normalized spacial score (nSPS) is 15.6. The first-order chi connectivity index (χ1) is 18.8. The van der Waals surface area contributed by atoms with Crippen LogP contribution in [0.5, 0.6) is 5.75 Å². The van der Waals surface area contributed by atoms with E-state index in [1.807, 2.05) is 46.4 Å². The van der Waals surface area contributed by atoms with Gasteiger partial charge in [-0.2, -0.15) is 5.10 Å². The predicted molar refractivity (Wildman–Crippen MR) is 156 cm³/mol. The lowest BCUT2D eigenvalue weighted by Gasteiger charge is -2.40. The van der Waals surface area contributed by atoms with E-state index in [9.17, 15) is 9.59 Å². The van der Waals surface area contributed by atoms with Crippen molar-refractivity contribution in [2.24, 2.45) is 0 Å². The third kappa shape index (κ3) is 5.49. The van der Waals surface area contributed by atoms with Crippen LogP contribution in [0.2, 0.25) is 0 Å². The fourth-order valence-electron chi connectivity index (χ4n) is 4.86. The minimum Gasteiger partial charge on any atom is -0.497 e. The first kappa shape index (κ1) is 27.1. The van der Waals surface area contributed by atoms with Crippen LogP contribution in [0.3, 0.4) is 0 Å². The lowest BCUT2D eigenvalue weighted by atomic mass is 10.0. The van der Waals surface area contributed by atoms with Gasteiger partial charge in [0.2, 0.25) is 5.13 Å². The molecule has 1 atom stereocenters. The van der Waals surface area contributed by atoms with Crippen molar-refractivity contribution in [1.29, 1.82) is 0 Å². The van der Waals surface area contributed by atoms with Crippen LogP contribution in [-0.4, -0.2) is 69.2 Å². The zero-order valence-electron chi connectivity index (χ0n) is 22.3. The predicted octanol–water partition coefficient (Wildman–Crippen LogP) is 5.88. The average molecular weight is 609 g/mol. The van der Waals surface area contributed by atoms with Gasteiger partial charge in [-0.3, -0.25) is 9.59 Å². The molecule has 0 bridgehead atoms. The van der Waals surface area contributed by atoms with Gasteiger partial charge in [0.05, 0.1) is 30.3 Å². The number of hydrogen-bond donors (Lipinski definition) is 0. The molecule has 3 heterocycles. The van der Waals surface area contributed by atoms with Crippen LogP contribution in [0.1, 0.15) is 53.1 Å². The van der Waals surface area contributed by atoms with Crippen molar-refractivity contribution in [3.8, 4) is 22.1 Å². The Morgan fingerprint density at radius 2 is 1.77 bits per heavy atom. The zero-order chi connectivity index (χ0) is 27.7. The average Bonchev–Trinajstić information content (AvgIpc) is 3.61. The van der Waals surface area contributed by atoms with E-state index >= 15 is 0 Å². The number of piperazine rings is 1. The fourth-order valence-corrected chi connectivity index (χ4v) is 5.93. The van der Waals surface area contributed by atoms with Gasteiger partial charge in [0.25, 0.3) is 11.8 Å². The SMILES string of the molecule is COc1ccc(C(=O)N2CCN(C(=O)c3cnn(-c4nc(-c5ccc(Br)cc5)cs4)c3C(C)C)CC2C)cc1. The molecular formula is C29H30BrN5O3S. The summed E-state index contributed by atoms with van der Waals surface area (Å²) in [6.45, 7) is 7.47. The van der Waals surface area contributed by atoms with Crippen molar-refractivity contribution in [2.45, 2.75) is 32.7 Å². The Bertz CT molecular complexity index is 1480. The van der Waals surface area contributed by atoms with Gasteiger partial charge in [-0.15, -0.1) is 11.3 Å². The largest absolute Gasteiger partial charge is 0.497 e. The van der Waals surface area contributed by atoms with Gasteiger partial charge in [-0.05, 0) is 49.2 Å². The second-order valence-corrected chi connectivity index (χ2v) is 11.6. The highest BCUT2D eigenvalue weighted by atomic mass is 79.9. The number of amides is 2. The Morgan fingerprint density at radius 3 is 2.41 bits per heavy atom. The Kier molecular flexibility index (Phi) is 7.86. The van der Waals surface area contributed by atoms with Crippen molar-refractivity contribution < 1.29 is 14.3 Å². The number of halogens is 1. The molecule has 10 heteroatoms. The summed E-state index contributed by atoms with van der Waals surface area (Å²) in [4.78, 5) is 35.3. The molecule has 2 aromatic heterocycles. The second-order valence-electron chi connectivity index (χ2n) is 9.86. The topological polar surface area (TPSA) is 80.6 Å². The molecule has 0 saturated carbocycles. The molecule has 1 saturated heterocycles. The highest BCUT2D eigenvalue weighted by molar-refractivity contribution is 9.10. The number of nitrogens with zero attached hydrogens (tertiary/aromatic N) is 5. The van der Waals surface area contributed by atoms with Crippen LogP contribution in [0.4, 0.5) is 0 Å². The Labute approximate surface area is 240 Å². The summed E-state index contributed by atoms with van der Waals surface area (Å²) in [7, 11) is 1.60. The number of hydrogen-bond acceptors (Lipinski definition) is 6. The Morgan fingerprint density at radius 1 is 1.05 bits per heavy atom. The van der Waals surface area contributed by atoms with Gasteiger partial charge in [0.15, 0.2) is 0 Å². The van der Waals surface area contributed by atoms with E-state index in [1.165, 1.54) is 11.3 Å². The van der Waals surface area contributed by atoms with Crippen LogP contribution < -0.4 is 4.74 Å². The van der Waals surface area contributed by atoms with Crippen molar-refractivity contribution in [1.82, 2.24) is 24.6 Å². The molecule has 0 N–H and O–H groups in total. The van der Waals surface area contributed by atoms with E-state index in [0.29, 0.717) is 36.5 Å². The van der Waals surface area contributed by atoms with Gasteiger partial charge in [-0.1, -0.05) is 41.9 Å². The quantitative estimate of drug-likeness (QED) is 0.273. The summed E-state index contributed by atoms with van der Waals surface area (Å²) in [6.07, 6.45) is 1.65. The third-order valence-corrected chi connectivity index (χ3v) is 8.25. The molecule has 1 unspecified atom stereocenters. The van der Waals surface area contributed by atoms with Crippen LogP contribution in [-0.2, 0) is 0 Å². The van der Waals surface area contributed by atoms with E-state index in [1.54, 1.807) is 42.3 Å². The number of ether oxygens (including phenoxy) is 1. The summed E-state index contributed by atoms with van der Waals surface area (Å²) >= 11 is 4.97. The van der Waals surface area contributed by atoms with E-state index in [2.05, 4.69) is 34.9 Å². The number of carbonyl (C=O) groups is 2. The van der Waals surface area contributed by atoms with Crippen LogP contribution >= 0.6 is 27.3 Å². The molecule has 2 amide bonds. The number of aromatic nitrogens is 3. The minimum absolute atomic E-state index is 0.0433. The fraction of sp³-hybridized carbons (Fsp3) is 0.310. The third-order valence-electron chi connectivity index (χ3n) is 6.91. The molecule has 1 aliphatic heterocycles. The molecule has 1 fully saturated rings. The first-order valence-corrected chi connectivity index (χ1v) is 14.5. The Balaban J connectivity index is 1.33. The molecule has 0 radical (unpaired) electrons. The lowest BCUT2D eigenvalue weighted by Crippen LogP contribution is -2.55. The number of rotatable bonds is 6. The molecule has 8 nitrogen and oxygen atoms in total. The first-order valence-electron chi connectivity index (χ1n) is 12.8. The van der Waals surface area contributed by atoms with Crippen LogP contribution in [0, 0.1) is 0 Å². The maximum absolute atomic E-state index is 13.7.